The normalized spacial score (nSPS) is 16.1. The van der Waals surface area contributed by atoms with Crippen LogP contribution in [0, 0.1) is 0 Å². The molecule has 0 atom stereocenters. The number of hydrogen-bond acceptors (Lipinski definition) is 5. The van der Waals surface area contributed by atoms with Crippen molar-refractivity contribution in [2.75, 3.05) is 6.61 Å². The van der Waals surface area contributed by atoms with E-state index < -0.39 is 0 Å². The number of rotatable bonds is 5. The van der Waals surface area contributed by atoms with Gasteiger partial charge in [0, 0.05) is 11.6 Å². The number of benzene rings is 1. The number of aromatic nitrogens is 1. The van der Waals surface area contributed by atoms with Gasteiger partial charge in [-0.3, -0.25) is 9.78 Å². The van der Waals surface area contributed by atoms with Gasteiger partial charge >= 0.3 is 0 Å². The number of thioether (sulfide) groups is 1. The predicted molar refractivity (Wildman–Crippen MR) is 94.3 cm³/mol. The zero-order valence-corrected chi connectivity index (χ0v) is 13.6. The van der Waals surface area contributed by atoms with Crippen LogP contribution in [-0.2, 0) is 4.79 Å². The highest BCUT2D eigenvalue weighted by atomic mass is 32.2. The van der Waals surface area contributed by atoms with Crippen molar-refractivity contribution >= 4 is 39.8 Å². The highest BCUT2D eigenvalue weighted by Crippen LogP contribution is 2.29. The highest BCUT2D eigenvalue weighted by molar-refractivity contribution is 8.18. The minimum absolute atomic E-state index is 0.285. The lowest BCUT2D eigenvalue weighted by Crippen LogP contribution is -2.01. The van der Waals surface area contributed by atoms with Gasteiger partial charge in [0.25, 0.3) is 5.91 Å². The monoisotopic (exact) mass is 327 g/mol. The fourth-order valence-electron chi connectivity index (χ4n) is 2.26. The maximum Gasteiger partial charge on any atom is 0.286 e. The third-order valence-electron chi connectivity index (χ3n) is 3.42. The van der Waals surface area contributed by atoms with Gasteiger partial charge in [0.1, 0.15) is 5.75 Å². The van der Waals surface area contributed by atoms with Crippen LogP contribution in [0.15, 0.2) is 40.4 Å². The van der Waals surface area contributed by atoms with Crippen molar-refractivity contribution in [3.63, 3.8) is 0 Å². The molecule has 2 N–H and O–H groups in total. The van der Waals surface area contributed by atoms with Crippen molar-refractivity contribution in [2.24, 2.45) is 10.7 Å². The van der Waals surface area contributed by atoms with E-state index in [0.29, 0.717) is 11.5 Å². The molecule has 1 amide bonds. The van der Waals surface area contributed by atoms with Crippen molar-refractivity contribution in [3.05, 3.63) is 40.9 Å². The molecule has 1 aliphatic heterocycles. The lowest BCUT2D eigenvalue weighted by molar-refractivity contribution is -0.113. The molecule has 0 aliphatic carbocycles. The molecule has 2 heterocycles. The first-order valence-corrected chi connectivity index (χ1v) is 8.28. The first-order valence-electron chi connectivity index (χ1n) is 7.47. The third kappa shape index (κ3) is 3.53. The van der Waals surface area contributed by atoms with Gasteiger partial charge in [-0.15, -0.1) is 0 Å². The van der Waals surface area contributed by atoms with Crippen molar-refractivity contribution in [1.29, 1.82) is 0 Å². The molecule has 0 unspecified atom stereocenters. The van der Waals surface area contributed by atoms with Crippen molar-refractivity contribution in [2.45, 2.75) is 19.8 Å². The lowest BCUT2D eigenvalue weighted by atomic mass is 10.1. The first-order chi connectivity index (χ1) is 11.2. The zero-order valence-electron chi connectivity index (χ0n) is 12.8. The molecule has 1 aromatic heterocycles. The Bertz CT molecular complexity index is 815. The molecule has 3 rings (SSSR count). The van der Waals surface area contributed by atoms with Gasteiger partial charge in [-0.25, -0.2) is 0 Å². The van der Waals surface area contributed by atoms with Crippen LogP contribution < -0.4 is 10.5 Å². The number of aliphatic imine (C=N–C) groups is 1. The average Bonchev–Trinajstić information content (AvgIpc) is 2.85. The lowest BCUT2D eigenvalue weighted by Gasteiger charge is -2.09. The van der Waals surface area contributed by atoms with Gasteiger partial charge in [-0.1, -0.05) is 19.4 Å². The van der Waals surface area contributed by atoms with Gasteiger partial charge in [-0.05, 0) is 48.0 Å². The maximum absolute atomic E-state index is 11.7. The van der Waals surface area contributed by atoms with E-state index >= 15 is 0 Å². The SMILES string of the molecule is CCCCOc1ccnc2ccc(/C=C3/SC(N)=NC3=O)cc12. The van der Waals surface area contributed by atoms with Crippen LogP contribution in [0.1, 0.15) is 25.3 Å². The summed E-state index contributed by atoms with van der Waals surface area (Å²) in [5.74, 6) is 0.517. The summed E-state index contributed by atoms with van der Waals surface area (Å²) in [5, 5.41) is 1.22. The van der Waals surface area contributed by atoms with Crippen LogP contribution in [-0.4, -0.2) is 22.7 Å². The van der Waals surface area contributed by atoms with Crippen LogP contribution in [0.2, 0.25) is 0 Å². The van der Waals surface area contributed by atoms with Crippen LogP contribution in [0.5, 0.6) is 5.75 Å². The number of fused-ring (bicyclic) bond motifs is 1. The van der Waals surface area contributed by atoms with E-state index in [0.717, 1.165) is 35.1 Å². The molecule has 0 bridgehead atoms. The van der Waals surface area contributed by atoms with E-state index in [1.165, 1.54) is 11.8 Å². The molecule has 2 aromatic rings. The number of unbranched alkanes of at least 4 members (excludes halogenated alkanes) is 1. The Hall–Kier alpha value is -2.34. The number of nitrogens with two attached hydrogens (primary N) is 1. The number of carbonyl (C=O) groups is 1. The Kier molecular flexibility index (Phi) is 4.62. The molecular weight excluding hydrogens is 310 g/mol. The maximum atomic E-state index is 11.7. The summed E-state index contributed by atoms with van der Waals surface area (Å²) in [6, 6.07) is 7.67. The predicted octanol–water partition coefficient (Wildman–Crippen LogP) is 3.34. The van der Waals surface area contributed by atoms with Gasteiger partial charge in [0.2, 0.25) is 0 Å². The summed E-state index contributed by atoms with van der Waals surface area (Å²) in [6.07, 6.45) is 5.63. The molecule has 1 aromatic carbocycles. The summed E-state index contributed by atoms with van der Waals surface area (Å²) in [5.41, 5.74) is 7.33. The number of pyridine rings is 1. The van der Waals surface area contributed by atoms with Gasteiger partial charge in [0.05, 0.1) is 17.0 Å². The molecule has 6 heteroatoms. The summed E-state index contributed by atoms with van der Waals surface area (Å²) in [7, 11) is 0. The molecule has 0 spiro atoms. The van der Waals surface area contributed by atoms with Gasteiger partial charge in [0.15, 0.2) is 5.17 Å². The van der Waals surface area contributed by atoms with E-state index in [1.807, 2.05) is 24.3 Å². The quantitative estimate of drug-likeness (QED) is 0.673. The Morgan fingerprint density at radius 1 is 1.35 bits per heavy atom. The Balaban J connectivity index is 1.93. The van der Waals surface area contributed by atoms with E-state index in [9.17, 15) is 4.79 Å². The van der Waals surface area contributed by atoms with Gasteiger partial charge < -0.3 is 10.5 Å². The van der Waals surface area contributed by atoms with Crippen molar-refractivity contribution in [1.82, 2.24) is 4.98 Å². The van der Waals surface area contributed by atoms with E-state index in [2.05, 4.69) is 16.9 Å². The highest BCUT2D eigenvalue weighted by Gasteiger charge is 2.19. The zero-order chi connectivity index (χ0) is 16.2. The summed E-state index contributed by atoms with van der Waals surface area (Å²) in [6.45, 7) is 2.81. The second-order valence-corrected chi connectivity index (χ2v) is 6.22. The van der Waals surface area contributed by atoms with Crippen LogP contribution in [0.25, 0.3) is 17.0 Å². The second kappa shape index (κ2) is 6.83. The molecule has 118 valence electrons. The largest absolute Gasteiger partial charge is 0.493 e. The summed E-state index contributed by atoms with van der Waals surface area (Å²) < 4.78 is 5.85. The average molecular weight is 327 g/mol. The second-order valence-electron chi connectivity index (χ2n) is 5.15. The minimum atomic E-state index is -0.293. The van der Waals surface area contributed by atoms with Gasteiger partial charge in [-0.2, -0.15) is 4.99 Å². The molecule has 0 saturated heterocycles. The number of hydrogen-bond donors (Lipinski definition) is 1. The standard InChI is InChI=1S/C17H17N3O2S/c1-2-3-8-22-14-6-7-19-13-5-4-11(9-12(13)14)10-15-16(21)20-17(18)23-15/h4-7,9-10H,2-3,8H2,1H3,(H2,18,20,21)/b15-10+. The Labute approximate surface area is 138 Å². The Morgan fingerprint density at radius 2 is 2.22 bits per heavy atom. The van der Waals surface area contributed by atoms with Crippen molar-refractivity contribution in [3.8, 4) is 5.75 Å². The van der Waals surface area contributed by atoms with E-state index in [1.54, 1.807) is 12.3 Å². The number of amides is 1. The summed E-state index contributed by atoms with van der Waals surface area (Å²) >= 11 is 1.19. The first kappa shape index (κ1) is 15.6. The molecule has 23 heavy (non-hydrogen) atoms. The van der Waals surface area contributed by atoms with Crippen LogP contribution in [0.4, 0.5) is 0 Å². The minimum Gasteiger partial charge on any atom is -0.493 e. The smallest absolute Gasteiger partial charge is 0.286 e. The number of carbonyl (C=O) groups excluding carboxylic acids is 1. The van der Waals surface area contributed by atoms with Crippen LogP contribution >= 0.6 is 11.8 Å². The molecule has 0 fully saturated rings. The molecule has 1 aliphatic rings. The number of amidine groups is 1. The molecular formula is C17H17N3O2S. The topological polar surface area (TPSA) is 77.6 Å². The fourth-order valence-corrected chi connectivity index (χ4v) is 2.94. The molecule has 0 radical (unpaired) electrons. The fraction of sp³-hybridized carbons (Fsp3) is 0.235. The summed E-state index contributed by atoms with van der Waals surface area (Å²) in [4.78, 5) is 20.3. The van der Waals surface area contributed by atoms with E-state index in [-0.39, 0.29) is 11.1 Å². The van der Waals surface area contributed by atoms with Crippen LogP contribution in [0.3, 0.4) is 0 Å². The molecule has 0 saturated carbocycles. The van der Waals surface area contributed by atoms with E-state index in [4.69, 9.17) is 10.5 Å². The third-order valence-corrected chi connectivity index (χ3v) is 4.23. The van der Waals surface area contributed by atoms with Crippen molar-refractivity contribution < 1.29 is 9.53 Å². The Morgan fingerprint density at radius 3 is 2.96 bits per heavy atom. The number of ether oxygens (including phenoxy) is 1. The molecule has 5 nitrogen and oxygen atoms in total. The number of nitrogens with zero attached hydrogens (tertiary/aromatic N) is 2.